The van der Waals surface area contributed by atoms with Crippen molar-refractivity contribution in [3.8, 4) is 11.1 Å². The summed E-state index contributed by atoms with van der Waals surface area (Å²) in [7, 11) is 1.72. The van der Waals surface area contributed by atoms with Gasteiger partial charge in [0.05, 0.1) is 27.0 Å². The van der Waals surface area contributed by atoms with Crippen LogP contribution < -0.4 is 5.32 Å². The normalized spacial score (nSPS) is 11.0. The molecule has 0 saturated heterocycles. The van der Waals surface area contributed by atoms with Crippen molar-refractivity contribution in [1.82, 2.24) is 9.78 Å². The Hall–Kier alpha value is -2.11. The van der Waals surface area contributed by atoms with Crippen LogP contribution >= 0.6 is 23.2 Å². The van der Waals surface area contributed by atoms with Crippen LogP contribution in [0.25, 0.3) is 11.1 Å². The van der Waals surface area contributed by atoms with Gasteiger partial charge >= 0.3 is 0 Å². The fraction of sp³-hybridized carbons (Fsp3) is 0.167. The Morgan fingerprint density at radius 3 is 2.28 bits per heavy atom. The highest BCUT2D eigenvalue weighted by atomic mass is 35.5. The predicted molar refractivity (Wildman–Crippen MR) is 97.8 cm³/mol. The summed E-state index contributed by atoms with van der Waals surface area (Å²) >= 11 is 12.6. The topological polar surface area (TPSA) is 29.9 Å². The molecule has 2 aromatic carbocycles. The van der Waals surface area contributed by atoms with Gasteiger partial charge in [-0.15, -0.1) is 0 Å². The zero-order chi connectivity index (χ0) is 18.3. The molecule has 1 heterocycles. The Labute approximate surface area is 154 Å². The zero-order valence-electron chi connectivity index (χ0n) is 13.8. The predicted octanol–water partition coefficient (Wildman–Crippen LogP) is 6.03. The summed E-state index contributed by atoms with van der Waals surface area (Å²) in [5.41, 5.74) is 2.78. The number of rotatable bonds is 3. The molecule has 0 saturated carbocycles. The van der Waals surface area contributed by atoms with Crippen molar-refractivity contribution in [2.45, 2.75) is 13.8 Å². The number of nitrogens with one attached hydrogen (secondary N) is 1. The minimum atomic E-state index is -0.666. The fourth-order valence-electron chi connectivity index (χ4n) is 2.75. The first-order valence-electron chi connectivity index (χ1n) is 7.49. The molecule has 0 spiro atoms. The van der Waals surface area contributed by atoms with Crippen molar-refractivity contribution < 1.29 is 8.78 Å². The maximum absolute atomic E-state index is 14.3. The second kappa shape index (κ2) is 6.65. The van der Waals surface area contributed by atoms with Crippen molar-refractivity contribution in [3.63, 3.8) is 0 Å². The summed E-state index contributed by atoms with van der Waals surface area (Å²) in [4.78, 5) is 0. The van der Waals surface area contributed by atoms with Gasteiger partial charge in [-0.05, 0) is 43.7 Å². The van der Waals surface area contributed by atoms with Crippen LogP contribution in [-0.4, -0.2) is 9.78 Å². The molecule has 25 heavy (non-hydrogen) atoms. The molecule has 7 heteroatoms. The third kappa shape index (κ3) is 3.34. The standard InChI is InChI=1S/C18H15Cl2F2N3/c1-9-6-13(19)17(14(20)7-9)23-18-16(10(2)24-25(18)3)12-5-4-11(21)8-15(12)22/h4-8,23H,1-3H3. The number of anilines is 2. The lowest BCUT2D eigenvalue weighted by Gasteiger charge is -2.14. The third-order valence-corrected chi connectivity index (χ3v) is 4.45. The maximum atomic E-state index is 14.3. The molecule has 0 aliphatic rings. The second-order valence-electron chi connectivity index (χ2n) is 5.79. The lowest BCUT2D eigenvalue weighted by atomic mass is 10.0. The van der Waals surface area contributed by atoms with E-state index in [0.717, 1.165) is 11.6 Å². The van der Waals surface area contributed by atoms with E-state index in [0.29, 0.717) is 32.8 Å². The Bertz CT molecular complexity index is 944. The minimum absolute atomic E-state index is 0.244. The van der Waals surface area contributed by atoms with E-state index >= 15 is 0 Å². The van der Waals surface area contributed by atoms with Crippen molar-refractivity contribution >= 4 is 34.7 Å². The van der Waals surface area contributed by atoms with Crippen LogP contribution in [-0.2, 0) is 7.05 Å². The van der Waals surface area contributed by atoms with E-state index in [2.05, 4.69) is 10.4 Å². The summed E-state index contributed by atoms with van der Waals surface area (Å²) in [6.07, 6.45) is 0. The van der Waals surface area contributed by atoms with Crippen LogP contribution in [0.1, 0.15) is 11.3 Å². The molecule has 3 nitrogen and oxygen atoms in total. The number of hydrogen-bond acceptors (Lipinski definition) is 2. The molecule has 0 amide bonds. The molecule has 130 valence electrons. The summed E-state index contributed by atoms with van der Waals surface area (Å²) < 4.78 is 29.1. The van der Waals surface area contributed by atoms with Crippen molar-refractivity contribution in [2.75, 3.05) is 5.32 Å². The number of hydrogen-bond donors (Lipinski definition) is 1. The molecule has 0 fully saturated rings. The molecule has 0 aliphatic heterocycles. The van der Waals surface area contributed by atoms with Crippen molar-refractivity contribution in [2.24, 2.45) is 7.05 Å². The molecule has 0 atom stereocenters. The van der Waals surface area contributed by atoms with Crippen molar-refractivity contribution in [3.05, 3.63) is 63.3 Å². The maximum Gasteiger partial charge on any atom is 0.136 e. The van der Waals surface area contributed by atoms with E-state index in [1.807, 2.05) is 6.92 Å². The van der Waals surface area contributed by atoms with Gasteiger partial charge in [-0.1, -0.05) is 23.2 Å². The van der Waals surface area contributed by atoms with Gasteiger partial charge in [0.2, 0.25) is 0 Å². The summed E-state index contributed by atoms with van der Waals surface area (Å²) in [6, 6.07) is 6.99. The Kier molecular flexibility index (Phi) is 4.71. The van der Waals surface area contributed by atoms with Crippen LogP contribution in [0.2, 0.25) is 10.0 Å². The SMILES string of the molecule is Cc1cc(Cl)c(Nc2c(-c3ccc(F)cc3F)c(C)nn2C)c(Cl)c1. The van der Waals surface area contributed by atoms with E-state index in [-0.39, 0.29) is 5.56 Å². The molecule has 0 radical (unpaired) electrons. The van der Waals surface area contributed by atoms with Gasteiger partial charge < -0.3 is 5.32 Å². The molecule has 0 bridgehead atoms. The molecule has 3 rings (SSSR count). The van der Waals surface area contributed by atoms with E-state index in [9.17, 15) is 8.78 Å². The molecular weight excluding hydrogens is 367 g/mol. The monoisotopic (exact) mass is 381 g/mol. The van der Waals surface area contributed by atoms with E-state index in [4.69, 9.17) is 23.2 Å². The highest BCUT2D eigenvalue weighted by Gasteiger charge is 2.20. The van der Waals surface area contributed by atoms with Gasteiger partial charge in [-0.3, -0.25) is 4.68 Å². The van der Waals surface area contributed by atoms with E-state index in [1.165, 1.54) is 12.1 Å². The summed E-state index contributed by atoms with van der Waals surface area (Å²) in [5, 5.41) is 8.35. The second-order valence-corrected chi connectivity index (χ2v) is 6.60. The molecule has 1 N–H and O–H groups in total. The average molecular weight is 382 g/mol. The number of aryl methyl sites for hydroxylation is 3. The fourth-order valence-corrected chi connectivity index (χ4v) is 3.44. The van der Waals surface area contributed by atoms with Crippen LogP contribution in [0.5, 0.6) is 0 Å². The molecule has 0 aliphatic carbocycles. The lowest BCUT2D eigenvalue weighted by Crippen LogP contribution is -2.02. The first kappa shape index (κ1) is 17.7. The van der Waals surface area contributed by atoms with Crippen LogP contribution in [0, 0.1) is 25.5 Å². The Morgan fingerprint density at radius 2 is 1.68 bits per heavy atom. The van der Waals surface area contributed by atoms with Gasteiger partial charge in [0.15, 0.2) is 0 Å². The smallest absolute Gasteiger partial charge is 0.136 e. The van der Waals surface area contributed by atoms with E-state index < -0.39 is 11.6 Å². The average Bonchev–Trinajstić information content (AvgIpc) is 2.77. The largest absolute Gasteiger partial charge is 0.337 e. The number of nitrogens with zero attached hydrogens (tertiary/aromatic N) is 2. The molecular formula is C18H15Cl2F2N3. The first-order chi connectivity index (χ1) is 11.8. The molecule has 3 aromatic rings. The van der Waals surface area contributed by atoms with Crippen molar-refractivity contribution in [1.29, 1.82) is 0 Å². The summed E-state index contributed by atoms with van der Waals surface area (Å²) in [5.74, 6) is -0.794. The quantitative estimate of drug-likeness (QED) is 0.599. The van der Waals surface area contributed by atoms with E-state index in [1.54, 1.807) is 30.8 Å². The highest BCUT2D eigenvalue weighted by molar-refractivity contribution is 6.39. The third-order valence-electron chi connectivity index (χ3n) is 3.85. The van der Waals surface area contributed by atoms with Crippen LogP contribution in [0.3, 0.4) is 0 Å². The minimum Gasteiger partial charge on any atom is -0.337 e. The highest BCUT2D eigenvalue weighted by Crippen LogP contribution is 2.39. The Balaban J connectivity index is 2.16. The number of benzene rings is 2. The number of halogens is 4. The van der Waals surface area contributed by atoms with Gasteiger partial charge in [0.25, 0.3) is 0 Å². The van der Waals surface area contributed by atoms with Crippen LogP contribution in [0.15, 0.2) is 30.3 Å². The van der Waals surface area contributed by atoms with Gasteiger partial charge in [-0.25, -0.2) is 8.78 Å². The molecule has 0 unspecified atom stereocenters. The van der Waals surface area contributed by atoms with Crippen LogP contribution in [0.4, 0.5) is 20.3 Å². The first-order valence-corrected chi connectivity index (χ1v) is 8.25. The van der Waals surface area contributed by atoms with Gasteiger partial charge in [0.1, 0.15) is 17.5 Å². The Morgan fingerprint density at radius 1 is 1.04 bits per heavy atom. The number of aromatic nitrogens is 2. The summed E-state index contributed by atoms with van der Waals surface area (Å²) in [6.45, 7) is 3.64. The van der Waals surface area contributed by atoms with Gasteiger partial charge in [0, 0.05) is 18.7 Å². The van der Waals surface area contributed by atoms with Gasteiger partial charge in [-0.2, -0.15) is 5.10 Å². The lowest BCUT2D eigenvalue weighted by molar-refractivity contribution is 0.585. The molecule has 1 aromatic heterocycles. The zero-order valence-corrected chi connectivity index (χ0v) is 15.3.